The Morgan fingerprint density at radius 3 is 2.51 bits per heavy atom. The first-order valence-corrected chi connectivity index (χ1v) is 12.2. The van der Waals surface area contributed by atoms with E-state index in [-0.39, 0.29) is 11.8 Å². The second kappa shape index (κ2) is 8.96. The van der Waals surface area contributed by atoms with Gasteiger partial charge in [0.15, 0.2) is 5.65 Å². The highest BCUT2D eigenvalue weighted by Gasteiger charge is 2.75. The molecule has 37 heavy (non-hydrogen) atoms. The maximum Gasteiger partial charge on any atom is 0.229 e. The molecule has 2 heterocycles. The molecular formula is C29H25N5O3. The number of carbonyl (C=O) groups is 1. The summed E-state index contributed by atoms with van der Waals surface area (Å²) in [6.07, 6.45) is 3.60. The van der Waals surface area contributed by atoms with Crippen LogP contribution in [0.2, 0.25) is 0 Å². The Bertz CT molecular complexity index is 1570. The van der Waals surface area contributed by atoms with Crippen LogP contribution in [0.3, 0.4) is 0 Å². The maximum atomic E-state index is 12.6. The van der Waals surface area contributed by atoms with Crippen LogP contribution in [0.15, 0.2) is 67.0 Å². The summed E-state index contributed by atoms with van der Waals surface area (Å²) in [5, 5.41) is 24.4. The smallest absolute Gasteiger partial charge is 0.229 e. The van der Waals surface area contributed by atoms with Gasteiger partial charge in [-0.15, -0.1) is 0 Å². The van der Waals surface area contributed by atoms with Gasteiger partial charge < -0.3 is 20.1 Å². The summed E-state index contributed by atoms with van der Waals surface area (Å²) in [6.45, 7) is 0. The number of aliphatic hydroxyl groups is 2. The van der Waals surface area contributed by atoms with Crippen molar-refractivity contribution in [1.29, 1.82) is 0 Å². The monoisotopic (exact) mass is 491 g/mol. The third kappa shape index (κ3) is 3.80. The van der Waals surface area contributed by atoms with Gasteiger partial charge in [0.25, 0.3) is 0 Å². The van der Waals surface area contributed by atoms with Crippen molar-refractivity contribution in [3.8, 4) is 11.8 Å². The zero-order valence-electron chi connectivity index (χ0n) is 20.1. The van der Waals surface area contributed by atoms with Crippen LogP contribution in [0.5, 0.6) is 0 Å². The number of imidazole rings is 1. The van der Waals surface area contributed by atoms with Gasteiger partial charge >= 0.3 is 0 Å². The van der Waals surface area contributed by atoms with Crippen molar-refractivity contribution in [3.05, 3.63) is 89.6 Å². The van der Waals surface area contributed by atoms with Crippen molar-refractivity contribution in [3.63, 3.8) is 0 Å². The van der Waals surface area contributed by atoms with Gasteiger partial charge in [-0.2, -0.15) is 0 Å². The molecule has 1 amide bonds. The second-order valence-corrected chi connectivity index (χ2v) is 9.47. The molecule has 8 nitrogen and oxygen atoms in total. The number of hydrogen-bond acceptors (Lipinski definition) is 6. The van der Waals surface area contributed by atoms with Gasteiger partial charge in [0.05, 0.1) is 29.6 Å². The molecule has 2 aromatic carbocycles. The van der Waals surface area contributed by atoms with Crippen molar-refractivity contribution in [1.82, 2.24) is 24.8 Å². The van der Waals surface area contributed by atoms with Crippen LogP contribution in [0, 0.1) is 23.2 Å². The summed E-state index contributed by atoms with van der Waals surface area (Å²) >= 11 is 0. The van der Waals surface area contributed by atoms with Gasteiger partial charge in [0.2, 0.25) is 11.7 Å². The second-order valence-electron chi connectivity index (χ2n) is 9.47. The van der Waals surface area contributed by atoms with Gasteiger partial charge in [-0.05, 0) is 36.1 Å². The number of nitrogens with zero attached hydrogens (tertiary/aromatic N) is 4. The van der Waals surface area contributed by atoms with E-state index in [9.17, 15) is 15.0 Å². The summed E-state index contributed by atoms with van der Waals surface area (Å²) in [4.78, 5) is 26.5. The number of hydrogen-bond donors (Lipinski definition) is 3. The van der Waals surface area contributed by atoms with E-state index in [1.807, 2.05) is 72.8 Å². The molecule has 2 saturated carbocycles. The lowest BCUT2D eigenvalue weighted by Crippen LogP contribution is -2.41. The number of aromatic nitrogens is 4. The molecule has 6 rings (SSSR count). The van der Waals surface area contributed by atoms with E-state index in [2.05, 4.69) is 27.1 Å². The van der Waals surface area contributed by atoms with Gasteiger partial charge in [0, 0.05) is 18.5 Å². The molecule has 2 aliphatic rings. The van der Waals surface area contributed by atoms with Crippen molar-refractivity contribution in [2.24, 2.45) is 11.3 Å². The molecule has 2 aliphatic carbocycles. The summed E-state index contributed by atoms with van der Waals surface area (Å²) in [5.41, 5.74) is 2.49. The third-order valence-corrected chi connectivity index (χ3v) is 7.42. The zero-order valence-corrected chi connectivity index (χ0v) is 20.1. The fourth-order valence-electron chi connectivity index (χ4n) is 5.50. The molecule has 0 bridgehead atoms. The van der Waals surface area contributed by atoms with E-state index < -0.39 is 23.7 Å². The van der Waals surface area contributed by atoms with E-state index >= 15 is 0 Å². The van der Waals surface area contributed by atoms with Crippen LogP contribution in [0.4, 0.5) is 0 Å². The molecule has 0 saturated heterocycles. The van der Waals surface area contributed by atoms with Crippen molar-refractivity contribution in [2.75, 3.05) is 7.05 Å². The first-order valence-electron chi connectivity index (χ1n) is 12.2. The Hall–Kier alpha value is -4.32. The number of carbonyl (C=O) groups excluding carboxylic acids is 1. The number of nitrogens with one attached hydrogen (secondary N) is 1. The summed E-state index contributed by atoms with van der Waals surface area (Å²) in [5.74, 6) is 5.98. The van der Waals surface area contributed by atoms with Crippen molar-refractivity contribution in [2.45, 2.75) is 24.7 Å². The molecular weight excluding hydrogens is 466 g/mol. The van der Waals surface area contributed by atoms with Gasteiger partial charge in [-0.25, -0.2) is 15.0 Å². The van der Waals surface area contributed by atoms with Gasteiger partial charge in [-0.1, -0.05) is 60.5 Å². The number of benzene rings is 2. The molecule has 3 N–H and O–H groups in total. The molecule has 2 unspecified atom stereocenters. The number of amides is 1. The summed E-state index contributed by atoms with van der Waals surface area (Å²) in [7, 11) is 1.54. The Balaban J connectivity index is 1.46. The lowest BCUT2D eigenvalue weighted by molar-refractivity contribution is -0.132. The predicted octanol–water partition coefficient (Wildman–Crippen LogP) is 2.43. The van der Waals surface area contributed by atoms with Crippen molar-refractivity contribution >= 4 is 29.2 Å². The summed E-state index contributed by atoms with van der Waals surface area (Å²) in [6, 6.07) is 18.9. The normalized spacial score (nSPS) is 26.0. The van der Waals surface area contributed by atoms with Crippen molar-refractivity contribution < 1.29 is 15.0 Å². The van der Waals surface area contributed by atoms with E-state index in [0.29, 0.717) is 29.1 Å². The molecule has 2 aromatic heterocycles. The van der Waals surface area contributed by atoms with Crippen LogP contribution in [-0.4, -0.2) is 54.9 Å². The number of aliphatic hydroxyl groups excluding tert-OH is 2. The lowest BCUT2D eigenvalue weighted by atomic mass is 9.98. The highest BCUT2D eigenvalue weighted by molar-refractivity contribution is 5.88. The van der Waals surface area contributed by atoms with Gasteiger partial charge in [-0.3, -0.25) is 4.79 Å². The first-order chi connectivity index (χ1) is 18.0. The van der Waals surface area contributed by atoms with Crippen LogP contribution in [0.25, 0.3) is 23.3 Å². The Kier molecular flexibility index (Phi) is 5.60. The van der Waals surface area contributed by atoms with E-state index in [1.165, 1.54) is 0 Å². The minimum Gasteiger partial charge on any atom is -0.389 e. The highest BCUT2D eigenvalue weighted by atomic mass is 16.3. The maximum absolute atomic E-state index is 12.6. The lowest BCUT2D eigenvalue weighted by Gasteiger charge is -2.23. The molecule has 184 valence electrons. The Morgan fingerprint density at radius 1 is 1.05 bits per heavy atom. The SMILES string of the molecule is CNC(=O)C12CC1[C@@H](n1cnc3c(/C=C/c4ccccc4)nc(C#Cc4ccccc4)nc31)[C@H](O)[C@@H]2O. The van der Waals surface area contributed by atoms with E-state index in [4.69, 9.17) is 4.98 Å². The summed E-state index contributed by atoms with van der Waals surface area (Å²) < 4.78 is 1.76. The zero-order chi connectivity index (χ0) is 25.6. The van der Waals surface area contributed by atoms with E-state index in [1.54, 1.807) is 17.9 Å². The van der Waals surface area contributed by atoms with Crippen LogP contribution >= 0.6 is 0 Å². The minimum absolute atomic E-state index is 0.230. The topological polar surface area (TPSA) is 113 Å². The number of rotatable bonds is 4. The molecule has 0 radical (unpaired) electrons. The quantitative estimate of drug-likeness (QED) is 0.378. The van der Waals surface area contributed by atoms with Gasteiger partial charge in [0.1, 0.15) is 11.6 Å². The molecule has 0 spiro atoms. The number of fused-ring (bicyclic) bond motifs is 2. The average molecular weight is 492 g/mol. The fourth-order valence-corrected chi connectivity index (χ4v) is 5.50. The average Bonchev–Trinajstić information content (AvgIpc) is 3.48. The minimum atomic E-state index is -1.17. The molecule has 8 heteroatoms. The first kappa shape index (κ1) is 23.1. The van der Waals surface area contributed by atoms with Crippen LogP contribution < -0.4 is 5.32 Å². The molecule has 4 aromatic rings. The van der Waals surface area contributed by atoms with Crippen LogP contribution in [0.1, 0.15) is 35.1 Å². The van der Waals surface area contributed by atoms with E-state index in [0.717, 1.165) is 11.1 Å². The highest BCUT2D eigenvalue weighted by Crippen LogP contribution is 2.67. The Labute approximate surface area is 213 Å². The molecule has 0 aliphatic heterocycles. The molecule has 5 atom stereocenters. The molecule has 2 fully saturated rings. The predicted molar refractivity (Wildman–Crippen MR) is 139 cm³/mol. The Morgan fingerprint density at radius 2 is 1.78 bits per heavy atom. The fraction of sp³-hybridized carbons (Fsp3) is 0.241. The standard InChI is InChI=1S/C29H25N5O3/c1-30-28(37)29-16-20(29)24(25(35)26(29)36)34-17-31-23-21(14-12-18-8-4-2-5-9-18)32-22(33-27(23)34)15-13-19-10-6-3-7-11-19/h2-12,14,17,20,24-26,35-36H,16H2,1H3,(H,30,37)/b14-12+/t20?,24-,25+,26+,29?/m1/s1. The van der Waals surface area contributed by atoms with Crippen LogP contribution in [-0.2, 0) is 4.79 Å². The largest absolute Gasteiger partial charge is 0.389 e. The third-order valence-electron chi connectivity index (χ3n) is 7.42.